The molecule has 0 spiro atoms. The molecular formula is C14H12ClFO2S. The molecule has 1 N–H and O–H groups in total. The first-order chi connectivity index (χ1) is 8.97. The number of hydrogen-bond acceptors (Lipinski definition) is 2. The zero-order valence-electron chi connectivity index (χ0n) is 10.2. The molecule has 0 aliphatic carbocycles. The maximum Gasteiger partial charge on any atom is 0.303 e. The first-order valence-electron chi connectivity index (χ1n) is 5.74. The molecule has 0 fully saturated rings. The smallest absolute Gasteiger partial charge is 0.303 e. The number of carbonyl (C=O) groups is 1. The zero-order valence-corrected chi connectivity index (χ0v) is 11.8. The Labute approximate surface area is 119 Å². The summed E-state index contributed by atoms with van der Waals surface area (Å²) in [4.78, 5) is 12.6. The summed E-state index contributed by atoms with van der Waals surface area (Å²) in [6.45, 7) is 1.88. The Morgan fingerprint density at radius 3 is 2.79 bits per heavy atom. The third kappa shape index (κ3) is 3.33. The summed E-state index contributed by atoms with van der Waals surface area (Å²) in [6, 6.07) is 8.39. The van der Waals surface area contributed by atoms with Crippen molar-refractivity contribution in [1.82, 2.24) is 0 Å². The molecule has 0 aliphatic rings. The van der Waals surface area contributed by atoms with Crippen LogP contribution in [0.4, 0.5) is 4.39 Å². The lowest BCUT2D eigenvalue weighted by molar-refractivity contribution is -0.137. The van der Waals surface area contributed by atoms with Gasteiger partial charge in [-0.1, -0.05) is 24.6 Å². The van der Waals surface area contributed by atoms with E-state index >= 15 is 0 Å². The quantitative estimate of drug-likeness (QED) is 0.881. The van der Waals surface area contributed by atoms with Crippen LogP contribution in [0.1, 0.15) is 24.1 Å². The van der Waals surface area contributed by atoms with Crippen molar-refractivity contribution < 1.29 is 14.3 Å². The minimum atomic E-state index is -0.813. The fourth-order valence-corrected chi connectivity index (χ4v) is 3.02. The standard InChI is InChI=1S/C14H12ClFO2S/c1-8(6-14(17)18)12-4-5-13(19-12)9-2-3-11(16)10(15)7-9/h2-5,7-8H,6H2,1H3,(H,17,18). The number of hydrogen-bond donors (Lipinski definition) is 1. The molecule has 0 saturated carbocycles. The van der Waals surface area contributed by atoms with Crippen LogP contribution in [0.3, 0.4) is 0 Å². The van der Waals surface area contributed by atoms with Gasteiger partial charge in [-0.2, -0.15) is 0 Å². The molecule has 100 valence electrons. The molecule has 1 aromatic carbocycles. The highest BCUT2D eigenvalue weighted by Gasteiger charge is 2.13. The van der Waals surface area contributed by atoms with Crippen molar-refractivity contribution in [2.45, 2.75) is 19.3 Å². The normalized spacial score (nSPS) is 12.4. The van der Waals surface area contributed by atoms with Crippen molar-refractivity contribution >= 4 is 28.9 Å². The van der Waals surface area contributed by atoms with E-state index < -0.39 is 11.8 Å². The van der Waals surface area contributed by atoms with Gasteiger partial charge in [-0.3, -0.25) is 4.79 Å². The van der Waals surface area contributed by atoms with Crippen molar-refractivity contribution in [3.05, 3.63) is 46.0 Å². The fraction of sp³-hybridized carbons (Fsp3) is 0.214. The van der Waals surface area contributed by atoms with E-state index in [1.165, 1.54) is 17.4 Å². The number of rotatable bonds is 4. The molecule has 0 aliphatic heterocycles. The Balaban J connectivity index is 2.25. The van der Waals surface area contributed by atoms with E-state index in [4.69, 9.17) is 16.7 Å². The van der Waals surface area contributed by atoms with E-state index in [-0.39, 0.29) is 17.4 Å². The lowest BCUT2D eigenvalue weighted by atomic mass is 10.1. The Kier molecular flexibility index (Phi) is 4.22. The zero-order chi connectivity index (χ0) is 14.0. The summed E-state index contributed by atoms with van der Waals surface area (Å²) < 4.78 is 13.1. The molecule has 5 heteroatoms. The van der Waals surface area contributed by atoms with Crippen LogP contribution >= 0.6 is 22.9 Å². The van der Waals surface area contributed by atoms with E-state index in [1.807, 2.05) is 19.1 Å². The SMILES string of the molecule is CC(CC(=O)O)c1ccc(-c2ccc(F)c(Cl)c2)s1. The second-order valence-corrected chi connectivity index (χ2v) is 5.85. The van der Waals surface area contributed by atoms with Crippen LogP contribution < -0.4 is 0 Å². The molecule has 1 aromatic heterocycles. The highest BCUT2D eigenvalue weighted by atomic mass is 35.5. The maximum atomic E-state index is 13.1. The minimum absolute atomic E-state index is 0.0350. The summed E-state index contributed by atoms with van der Waals surface area (Å²) in [7, 11) is 0. The summed E-state index contributed by atoms with van der Waals surface area (Å²) in [5.74, 6) is -1.29. The van der Waals surface area contributed by atoms with Gasteiger partial charge in [0.1, 0.15) is 5.82 Å². The van der Waals surface area contributed by atoms with Crippen molar-refractivity contribution in [3.63, 3.8) is 0 Å². The van der Waals surface area contributed by atoms with Gasteiger partial charge < -0.3 is 5.11 Å². The van der Waals surface area contributed by atoms with Gasteiger partial charge in [0, 0.05) is 15.7 Å². The molecule has 0 amide bonds. The van der Waals surface area contributed by atoms with Crippen LogP contribution in [0.2, 0.25) is 5.02 Å². The topological polar surface area (TPSA) is 37.3 Å². The van der Waals surface area contributed by atoms with Crippen molar-refractivity contribution in [3.8, 4) is 10.4 Å². The largest absolute Gasteiger partial charge is 0.481 e. The third-order valence-corrected chi connectivity index (χ3v) is 4.45. The molecule has 2 aromatic rings. The lowest BCUT2D eigenvalue weighted by Crippen LogP contribution is -2.00. The number of carboxylic acids is 1. The van der Waals surface area contributed by atoms with Crippen LogP contribution in [-0.2, 0) is 4.79 Å². The molecule has 0 radical (unpaired) electrons. The number of aliphatic carboxylic acids is 1. The average molecular weight is 299 g/mol. The van der Waals surface area contributed by atoms with Gasteiger partial charge in [0.15, 0.2) is 0 Å². The number of benzene rings is 1. The van der Waals surface area contributed by atoms with Gasteiger partial charge in [0.25, 0.3) is 0 Å². The molecule has 2 nitrogen and oxygen atoms in total. The Morgan fingerprint density at radius 2 is 2.16 bits per heavy atom. The lowest BCUT2D eigenvalue weighted by Gasteiger charge is -2.04. The van der Waals surface area contributed by atoms with Gasteiger partial charge in [0.2, 0.25) is 0 Å². The van der Waals surface area contributed by atoms with Crippen LogP contribution in [0, 0.1) is 5.82 Å². The number of thiophene rings is 1. The summed E-state index contributed by atoms with van der Waals surface area (Å²) in [5.41, 5.74) is 0.838. The summed E-state index contributed by atoms with van der Waals surface area (Å²) in [6.07, 6.45) is 0.101. The van der Waals surface area contributed by atoms with E-state index in [9.17, 15) is 9.18 Å². The molecule has 1 unspecified atom stereocenters. The number of carboxylic acid groups (broad SMARTS) is 1. The van der Waals surface area contributed by atoms with E-state index in [2.05, 4.69) is 0 Å². The molecule has 2 rings (SSSR count). The average Bonchev–Trinajstić information content (AvgIpc) is 2.81. The van der Waals surface area contributed by atoms with E-state index in [0.717, 1.165) is 15.3 Å². The highest BCUT2D eigenvalue weighted by Crippen LogP contribution is 2.34. The summed E-state index contributed by atoms with van der Waals surface area (Å²) in [5, 5.41) is 8.87. The monoisotopic (exact) mass is 298 g/mol. The van der Waals surface area contributed by atoms with Crippen molar-refractivity contribution in [1.29, 1.82) is 0 Å². The molecule has 0 saturated heterocycles. The summed E-state index contributed by atoms with van der Waals surface area (Å²) >= 11 is 7.26. The van der Waals surface area contributed by atoms with Gasteiger partial charge in [-0.15, -0.1) is 11.3 Å². The first kappa shape index (κ1) is 14.0. The highest BCUT2D eigenvalue weighted by molar-refractivity contribution is 7.15. The van der Waals surface area contributed by atoms with Crippen molar-refractivity contribution in [2.24, 2.45) is 0 Å². The molecule has 1 atom stereocenters. The minimum Gasteiger partial charge on any atom is -0.481 e. The van der Waals surface area contributed by atoms with Gasteiger partial charge >= 0.3 is 5.97 Å². The van der Waals surface area contributed by atoms with E-state index in [0.29, 0.717) is 0 Å². The third-order valence-electron chi connectivity index (χ3n) is 2.80. The second kappa shape index (κ2) is 5.72. The fourth-order valence-electron chi connectivity index (χ4n) is 1.78. The molecule has 0 bridgehead atoms. The Morgan fingerprint density at radius 1 is 1.42 bits per heavy atom. The molecule has 1 heterocycles. The number of halogens is 2. The molecule has 19 heavy (non-hydrogen) atoms. The van der Waals surface area contributed by atoms with Gasteiger partial charge in [-0.25, -0.2) is 4.39 Å². The molecular weight excluding hydrogens is 287 g/mol. The van der Waals surface area contributed by atoms with Crippen molar-refractivity contribution in [2.75, 3.05) is 0 Å². The Hall–Kier alpha value is -1.39. The van der Waals surface area contributed by atoms with Gasteiger partial charge in [0.05, 0.1) is 11.4 Å². The first-order valence-corrected chi connectivity index (χ1v) is 6.93. The Bertz CT molecular complexity index is 609. The van der Waals surface area contributed by atoms with Crippen LogP contribution in [0.15, 0.2) is 30.3 Å². The van der Waals surface area contributed by atoms with Crippen LogP contribution in [0.25, 0.3) is 10.4 Å². The maximum absolute atomic E-state index is 13.1. The second-order valence-electron chi connectivity index (χ2n) is 4.33. The van der Waals surface area contributed by atoms with Gasteiger partial charge in [-0.05, 0) is 29.8 Å². The predicted molar refractivity (Wildman–Crippen MR) is 75.4 cm³/mol. The predicted octanol–water partition coefficient (Wildman–Crippen LogP) is 4.79. The van der Waals surface area contributed by atoms with E-state index in [1.54, 1.807) is 12.1 Å². The van der Waals surface area contributed by atoms with Crippen LogP contribution in [0.5, 0.6) is 0 Å². The van der Waals surface area contributed by atoms with Crippen LogP contribution in [-0.4, -0.2) is 11.1 Å².